The van der Waals surface area contributed by atoms with Crippen LogP contribution < -0.4 is 0 Å². The molecule has 0 saturated carbocycles. The molecule has 0 unspecified atom stereocenters. The summed E-state index contributed by atoms with van der Waals surface area (Å²) in [6.45, 7) is 6.56. The van der Waals surface area contributed by atoms with Gasteiger partial charge in [0.25, 0.3) is 0 Å². The molecule has 0 aliphatic rings. The van der Waals surface area contributed by atoms with E-state index in [0.717, 1.165) is 11.1 Å². The van der Waals surface area contributed by atoms with Crippen molar-refractivity contribution in [3.8, 4) is 11.4 Å². The normalized spacial score (nSPS) is 12.0. The topological polar surface area (TPSA) is 46.0 Å². The average molecular weight is 371 g/mol. The third-order valence-electron chi connectivity index (χ3n) is 3.88. The third kappa shape index (κ3) is 3.89. The van der Waals surface area contributed by atoms with Crippen LogP contribution in [0, 0.1) is 4.77 Å². The van der Waals surface area contributed by atoms with E-state index in [-0.39, 0.29) is 5.41 Å². The van der Waals surface area contributed by atoms with Gasteiger partial charge in [-0.3, -0.25) is 0 Å². The third-order valence-corrected chi connectivity index (χ3v) is 4.49. The molecule has 3 aromatic rings. The van der Waals surface area contributed by atoms with Crippen molar-refractivity contribution < 1.29 is 0 Å². The van der Waals surface area contributed by atoms with Crippen LogP contribution in [0.2, 0.25) is 5.02 Å². The molecular formula is C19H19ClN4S. The van der Waals surface area contributed by atoms with Crippen molar-refractivity contribution in [1.29, 1.82) is 0 Å². The number of halogens is 1. The lowest BCUT2D eigenvalue weighted by Crippen LogP contribution is -2.10. The van der Waals surface area contributed by atoms with Gasteiger partial charge in [-0.05, 0) is 29.3 Å². The summed E-state index contributed by atoms with van der Waals surface area (Å²) in [5, 5.41) is 12.2. The predicted molar refractivity (Wildman–Crippen MR) is 106 cm³/mol. The van der Waals surface area contributed by atoms with Gasteiger partial charge in [0.2, 0.25) is 4.77 Å². The Morgan fingerprint density at radius 1 is 1.12 bits per heavy atom. The summed E-state index contributed by atoms with van der Waals surface area (Å²) in [6.07, 6.45) is 1.68. The summed E-state index contributed by atoms with van der Waals surface area (Å²) in [5.74, 6) is 0.661. The van der Waals surface area contributed by atoms with E-state index in [1.807, 2.05) is 36.4 Å². The zero-order chi connectivity index (χ0) is 18.0. The molecule has 3 rings (SSSR count). The molecule has 1 N–H and O–H groups in total. The van der Waals surface area contributed by atoms with E-state index in [1.165, 1.54) is 5.56 Å². The van der Waals surface area contributed by atoms with Gasteiger partial charge in [0.15, 0.2) is 5.82 Å². The van der Waals surface area contributed by atoms with Crippen LogP contribution in [0.5, 0.6) is 0 Å². The van der Waals surface area contributed by atoms with Crippen LogP contribution in [0.15, 0.2) is 53.6 Å². The molecule has 4 nitrogen and oxygen atoms in total. The minimum Gasteiger partial charge on any atom is -0.250 e. The van der Waals surface area contributed by atoms with Crippen LogP contribution in [0.25, 0.3) is 11.4 Å². The second-order valence-electron chi connectivity index (χ2n) is 6.76. The highest BCUT2D eigenvalue weighted by molar-refractivity contribution is 7.71. The number of rotatable bonds is 3. The quantitative estimate of drug-likeness (QED) is 0.492. The maximum Gasteiger partial charge on any atom is 0.216 e. The smallest absolute Gasteiger partial charge is 0.216 e. The molecule has 2 aromatic carbocycles. The molecule has 0 spiro atoms. The van der Waals surface area contributed by atoms with Gasteiger partial charge in [-0.15, -0.1) is 0 Å². The minimum atomic E-state index is 0.103. The maximum absolute atomic E-state index is 6.17. The monoisotopic (exact) mass is 370 g/mol. The second kappa shape index (κ2) is 6.94. The minimum absolute atomic E-state index is 0.103. The fraction of sp³-hybridized carbons (Fsp3) is 0.211. The van der Waals surface area contributed by atoms with Crippen LogP contribution in [-0.2, 0) is 5.41 Å². The van der Waals surface area contributed by atoms with Crippen molar-refractivity contribution in [2.24, 2.45) is 5.10 Å². The summed E-state index contributed by atoms with van der Waals surface area (Å²) < 4.78 is 2.03. The van der Waals surface area contributed by atoms with Gasteiger partial charge in [-0.25, -0.2) is 5.10 Å². The molecule has 0 aliphatic carbocycles. The Morgan fingerprint density at radius 2 is 1.80 bits per heavy atom. The van der Waals surface area contributed by atoms with Crippen LogP contribution >= 0.6 is 23.8 Å². The van der Waals surface area contributed by atoms with Crippen molar-refractivity contribution in [1.82, 2.24) is 14.9 Å². The first-order valence-electron chi connectivity index (χ1n) is 7.93. The zero-order valence-corrected chi connectivity index (χ0v) is 15.9. The molecule has 0 radical (unpaired) electrons. The van der Waals surface area contributed by atoms with E-state index in [2.05, 4.69) is 48.2 Å². The first-order valence-corrected chi connectivity index (χ1v) is 8.72. The van der Waals surface area contributed by atoms with Gasteiger partial charge in [0, 0.05) is 16.1 Å². The SMILES string of the molecule is CC(C)(C)c1ccc(-c2n[nH]c(=S)n2/N=C\c2ccccc2Cl)cc1. The molecule has 1 aromatic heterocycles. The van der Waals surface area contributed by atoms with Gasteiger partial charge in [0.05, 0.1) is 6.21 Å². The van der Waals surface area contributed by atoms with Crippen LogP contribution in [0.3, 0.4) is 0 Å². The Morgan fingerprint density at radius 3 is 2.44 bits per heavy atom. The molecule has 0 bridgehead atoms. The van der Waals surface area contributed by atoms with E-state index in [4.69, 9.17) is 23.8 Å². The molecule has 1 heterocycles. The lowest BCUT2D eigenvalue weighted by atomic mass is 9.87. The van der Waals surface area contributed by atoms with Crippen molar-refractivity contribution >= 4 is 30.0 Å². The standard InChI is InChI=1S/C19H19ClN4S/c1-19(2,3)15-10-8-13(9-11-15)17-22-23-18(25)24(17)21-12-14-6-4-5-7-16(14)20/h4-12H,1-3H3,(H,23,25)/b21-12-. The fourth-order valence-corrected chi connectivity index (χ4v) is 2.77. The first kappa shape index (κ1) is 17.6. The molecular weight excluding hydrogens is 352 g/mol. The Balaban J connectivity index is 1.97. The van der Waals surface area contributed by atoms with Gasteiger partial charge in [0.1, 0.15) is 0 Å². The van der Waals surface area contributed by atoms with E-state index in [1.54, 1.807) is 10.9 Å². The van der Waals surface area contributed by atoms with Gasteiger partial charge in [-0.2, -0.15) is 14.9 Å². The lowest BCUT2D eigenvalue weighted by Gasteiger charge is -2.18. The largest absolute Gasteiger partial charge is 0.250 e. The summed E-state index contributed by atoms with van der Waals surface area (Å²) in [6, 6.07) is 15.8. The second-order valence-corrected chi connectivity index (χ2v) is 7.55. The number of hydrogen-bond acceptors (Lipinski definition) is 3. The van der Waals surface area contributed by atoms with Crippen LogP contribution in [-0.4, -0.2) is 21.1 Å². The molecule has 6 heteroatoms. The van der Waals surface area contributed by atoms with Crippen molar-refractivity contribution in [3.05, 3.63) is 69.5 Å². The van der Waals surface area contributed by atoms with Crippen molar-refractivity contribution in [3.63, 3.8) is 0 Å². The highest BCUT2D eigenvalue weighted by Gasteiger charge is 2.14. The van der Waals surface area contributed by atoms with E-state index in [0.29, 0.717) is 15.6 Å². The number of aromatic nitrogens is 3. The number of nitrogens with zero attached hydrogens (tertiary/aromatic N) is 3. The molecule has 128 valence electrons. The summed E-state index contributed by atoms with van der Waals surface area (Å²) in [5.41, 5.74) is 3.13. The number of benzene rings is 2. The Labute approximate surface area is 157 Å². The van der Waals surface area contributed by atoms with E-state index in [9.17, 15) is 0 Å². The maximum atomic E-state index is 6.17. The predicted octanol–water partition coefficient (Wildman–Crippen LogP) is 5.44. The summed E-state index contributed by atoms with van der Waals surface area (Å²) in [4.78, 5) is 0. The van der Waals surface area contributed by atoms with Crippen molar-refractivity contribution in [2.45, 2.75) is 26.2 Å². The lowest BCUT2D eigenvalue weighted by molar-refractivity contribution is 0.590. The molecule has 0 saturated heterocycles. The molecule has 25 heavy (non-hydrogen) atoms. The fourth-order valence-electron chi connectivity index (χ4n) is 2.40. The number of H-pyrrole nitrogens is 1. The van der Waals surface area contributed by atoms with Gasteiger partial charge >= 0.3 is 0 Å². The molecule has 0 aliphatic heterocycles. The highest BCUT2D eigenvalue weighted by Crippen LogP contribution is 2.25. The summed E-state index contributed by atoms with van der Waals surface area (Å²) in [7, 11) is 0. The Kier molecular flexibility index (Phi) is 4.88. The first-order chi connectivity index (χ1) is 11.9. The van der Waals surface area contributed by atoms with Gasteiger partial charge in [-0.1, -0.05) is 74.8 Å². The zero-order valence-electron chi connectivity index (χ0n) is 14.3. The Bertz CT molecular complexity index is 962. The average Bonchev–Trinajstić information content (AvgIpc) is 2.94. The van der Waals surface area contributed by atoms with E-state index < -0.39 is 0 Å². The molecule has 0 atom stereocenters. The number of hydrogen-bond donors (Lipinski definition) is 1. The van der Waals surface area contributed by atoms with Crippen LogP contribution in [0.1, 0.15) is 31.9 Å². The number of nitrogens with one attached hydrogen (secondary N) is 1. The Hall–Kier alpha value is -2.24. The molecule has 0 amide bonds. The van der Waals surface area contributed by atoms with E-state index >= 15 is 0 Å². The van der Waals surface area contributed by atoms with Crippen LogP contribution in [0.4, 0.5) is 0 Å². The summed E-state index contributed by atoms with van der Waals surface area (Å²) >= 11 is 11.5. The van der Waals surface area contributed by atoms with Crippen molar-refractivity contribution in [2.75, 3.05) is 0 Å². The number of aromatic amines is 1. The highest BCUT2D eigenvalue weighted by atomic mass is 35.5. The molecule has 0 fully saturated rings. The van der Waals surface area contributed by atoms with Gasteiger partial charge < -0.3 is 0 Å².